The summed E-state index contributed by atoms with van der Waals surface area (Å²) in [5.74, 6) is -0.945. The summed E-state index contributed by atoms with van der Waals surface area (Å²) in [4.78, 5) is 21.2. The lowest BCUT2D eigenvalue weighted by Crippen LogP contribution is -2.28. The van der Waals surface area contributed by atoms with Gasteiger partial charge in [0.25, 0.3) is 5.69 Å². The summed E-state index contributed by atoms with van der Waals surface area (Å²) in [6.07, 6.45) is 3.96. The SMILES string of the molecule is CC1(C)CCC(Oc2ccc([N+](=O)[O-])c(C(=O)O)c2)CC1. The van der Waals surface area contributed by atoms with Gasteiger partial charge in [0, 0.05) is 12.1 Å². The summed E-state index contributed by atoms with van der Waals surface area (Å²) in [5, 5.41) is 19.9. The van der Waals surface area contributed by atoms with Gasteiger partial charge >= 0.3 is 5.97 Å². The highest BCUT2D eigenvalue weighted by Crippen LogP contribution is 2.37. The molecular weight excluding hydrogens is 274 g/mol. The van der Waals surface area contributed by atoms with Crippen LogP contribution in [-0.4, -0.2) is 22.1 Å². The van der Waals surface area contributed by atoms with Crippen molar-refractivity contribution in [3.8, 4) is 5.75 Å². The second-order valence-corrected chi connectivity index (χ2v) is 6.22. The molecule has 1 saturated carbocycles. The van der Waals surface area contributed by atoms with Gasteiger partial charge in [0.1, 0.15) is 11.3 Å². The van der Waals surface area contributed by atoms with Crippen molar-refractivity contribution in [1.29, 1.82) is 0 Å². The van der Waals surface area contributed by atoms with E-state index >= 15 is 0 Å². The fraction of sp³-hybridized carbons (Fsp3) is 0.533. The van der Waals surface area contributed by atoms with Gasteiger partial charge < -0.3 is 9.84 Å². The van der Waals surface area contributed by atoms with Crippen molar-refractivity contribution in [2.24, 2.45) is 5.41 Å². The first kappa shape index (κ1) is 15.3. The number of carboxylic acid groups (broad SMARTS) is 1. The Morgan fingerprint density at radius 3 is 2.52 bits per heavy atom. The number of aromatic carboxylic acids is 1. The molecule has 1 N–H and O–H groups in total. The van der Waals surface area contributed by atoms with Crippen LogP contribution in [0.25, 0.3) is 0 Å². The number of hydrogen-bond donors (Lipinski definition) is 1. The van der Waals surface area contributed by atoms with Gasteiger partial charge in [-0.3, -0.25) is 10.1 Å². The highest BCUT2D eigenvalue weighted by atomic mass is 16.6. The van der Waals surface area contributed by atoms with E-state index in [-0.39, 0.29) is 11.7 Å². The topological polar surface area (TPSA) is 89.7 Å². The first-order valence-corrected chi connectivity index (χ1v) is 6.97. The molecule has 0 spiro atoms. The minimum absolute atomic E-state index is 0.0427. The van der Waals surface area contributed by atoms with Crippen molar-refractivity contribution < 1.29 is 19.6 Å². The quantitative estimate of drug-likeness (QED) is 0.676. The Morgan fingerprint density at radius 1 is 1.38 bits per heavy atom. The van der Waals surface area contributed by atoms with Crippen LogP contribution in [0, 0.1) is 15.5 Å². The van der Waals surface area contributed by atoms with Crippen LogP contribution in [0.5, 0.6) is 5.75 Å². The molecule has 0 atom stereocenters. The zero-order valence-electron chi connectivity index (χ0n) is 12.2. The number of nitrogens with zero attached hydrogens (tertiary/aromatic N) is 1. The van der Waals surface area contributed by atoms with Gasteiger partial charge in [-0.2, -0.15) is 0 Å². The van der Waals surface area contributed by atoms with Crippen molar-refractivity contribution in [3.05, 3.63) is 33.9 Å². The standard InChI is InChI=1S/C15H19NO5/c1-15(2)7-5-10(6-8-15)21-11-3-4-13(16(19)20)12(9-11)14(17)18/h3-4,9-10H,5-8H2,1-2H3,(H,17,18). The maximum Gasteiger partial charge on any atom is 0.342 e. The third kappa shape index (κ3) is 3.71. The number of ether oxygens (including phenoxy) is 1. The molecule has 0 amide bonds. The van der Waals surface area contributed by atoms with Crippen molar-refractivity contribution in [2.75, 3.05) is 0 Å². The average Bonchev–Trinajstić information content (AvgIpc) is 2.41. The van der Waals surface area contributed by atoms with Crippen molar-refractivity contribution in [3.63, 3.8) is 0 Å². The second kappa shape index (κ2) is 5.71. The highest BCUT2D eigenvalue weighted by molar-refractivity contribution is 5.92. The maximum atomic E-state index is 11.1. The molecule has 0 saturated heterocycles. The van der Waals surface area contributed by atoms with Gasteiger partial charge in [0.2, 0.25) is 0 Å². The molecule has 0 aromatic heterocycles. The number of nitro groups is 1. The van der Waals surface area contributed by atoms with Crippen LogP contribution >= 0.6 is 0 Å². The van der Waals surface area contributed by atoms with Gasteiger partial charge in [-0.15, -0.1) is 0 Å². The fourth-order valence-corrected chi connectivity index (χ4v) is 2.60. The summed E-state index contributed by atoms with van der Waals surface area (Å²) < 4.78 is 5.79. The van der Waals surface area contributed by atoms with E-state index in [0.717, 1.165) is 25.7 Å². The van der Waals surface area contributed by atoms with Crippen molar-refractivity contribution >= 4 is 11.7 Å². The molecular formula is C15H19NO5. The van der Waals surface area contributed by atoms with Crippen LogP contribution in [0.1, 0.15) is 49.9 Å². The summed E-state index contributed by atoms with van der Waals surface area (Å²) in [7, 11) is 0. The Morgan fingerprint density at radius 2 is 2.00 bits per heavy atom. The molecule has 2 rings (SSSR count). The maximum absolute atomic E-state index is 11.1. The smallest absolute Gasteiger partial charge is 0.342 e. The predicted octanol–water partition coefficient (Wildman–Crippen LogP) is 3.64. The van der Waals surface area contributed by atoms with E-state index in [1.807, 2.05) is 0 Å². The number of benzene rings is 1. The molecule has 0 unspecified atom stereocenters. The second-order valence-electron chi connectivity index (χ2n) is 6.22. The first-order chi connectivity index (χ1) is 9.78. The van der Waals surface area contributed by atoms with Crippen LogP contribution < -0.4 is 4.74 Å². The van der Waals surface area contributed by atoms with Crippen LogP contribution in [0.15, 0.2) is 18.2 Å². The molecule has 6 heteroatoms. The minimum Gasteiger partial charge on any atom is -0.490 e. The predicted molar refractivity (Wildman–Crippen MR) is 76.7 cm³/mol. The van der Waals surface area contributed by atoms with Crippen LogP contribution in [-0.2, 0) is 0 Å². The van der Waals surface area contributed by atoms with E-state index in [2.05, 4.69) is 13.8 Å². The van der Waals surface area contributed by atoms with Gasteiger partial charge in [-0.05, 0) is 37.2 Å². The normalized spacial score (nSPS) is 18.2. The van der Waals surface area contributed by atoms with E-state index < -0.39 is 16.6 Å². The number of carboxylic acids is 1. The summed E-state index contributed by atoms with van der Waals surface area (Å²) in [5.41, 5.74) is -0.435. The van der Waals surface area contributed by atoms with Crippen LogP contribution in [0.2, 0.25) is 0 Å². The van der Waals surface area contributed by atoms with Crippen molar-refractivity contribution in [1.82, 2.24) is 0 Å². The number of nitro benzene ring substituents is 1. The molecule has 1 fully saturated rings. The molecule has 0 heterocycles. The van der Waals surface area contributed by atoms with E-state index in [9.17, 15) is 14.9 Å². The molecule has 1 aliphatic rings. The minimum atomic E-state index is -1.32. The molecule has 21 heavy (non-hydrogen) atoms. The van der Waals surface area contributed by atoms with Gasteiger partial charge in [-0.1, -0.05) is 13.8 Å². The van der Waals surface area contributed by atoms with Gasteiger partial charge in [-0.25, -0.2) is 4.79 Å². The largest absolute Gasteiger partial charge is 0.490 e. The van der Waals surface area contributed by atoms with Crippen LogP contribution in [0.4, 0.5) is 5.69 Å². The zero-order valence-corrected chi connectivity index (χ0v) is 12.2. The van der Waals surface area contributed by atoms with E-state index in [1.54, 1.807) is 0 Å². The summed E-state index contributed by atoms with van der Waals surface area (Å²) >= 11 is 0. The molecule has 0 bridgehead atoms. The molecule has 1 aliphatic carbocycles. The monoisotopic (exact) mass is 293 g/mol. The molecule has 1 aromatic carbocycles. The lowest BCUT2D eigenvalue weighted by Gasteiger charge is -2.34. The van der Waals surface area contributed by atoms with Crippen LogP contribution in [0.3, 0.4) is 0 Å². The van der Waals surface area contributed by atoms with Gasteiger partial charge in [0.05, 0.1) is 11.0 Å². The fourth-order valence-electron chi connectivity index (χ4n) is 2.60. The lowest BCUT2D eigenvalue weighted by molar-refractivity contribution is -0.385. The molecule has 0 radical (unpaired) electrons. The Balaban J connectivity index is 2.13. The molecule has 1 aromatic rings. The van der Waals surface area contributed by atoms with E-state index in [0.29, 0.717) is 11.2 Å². The number of hydrogen-bond acceptors (Lipinski definition) is 4. The number of carbonyl (C=O) groups is 1. The lowest BCUT2D eigenvalue weighted by atomic mass is 9.76. The third-order valence-electron chi connectivity index (χ3n) is 3.98. The molecule has 6 nitrogen and oxygen atoms in total. The summed E-state index contributed by atoms with van der Waals surface area (Å²) in [6, 6.07) is 3.89. The van der Waals surface area contributed by atoms with E-state index in [1.165, 1.54) is 18.2 Å². The summed E-state index contributed by atoms with van der Waals surface area (Å²) in [6.45, 7) is 4.44. The average molecular weight is 293 g/mol. The Labute approximate surface area is 122 Å². The van der Waals surface area contributed by atoms with Crippen molar-refractivity contribution in [2.45, 2.75) is 45.6 Å². The number of rotatable bonds is 4. The first-order valence-electron chi connectivity index (χ1n) is 6.97. The molecule has 114 valence electrons. The Bertz CT molecular complexity index is 557. The highest BCUT2D eigenvalue weighted by Gasteiger charge is 2.28. The Hall–Kier alpha value is -2.11. The third-order valence-corrected chi connectivity index (χ3v) is 3.98. The van der Waals surface area contributed by atoms with Gasteiger partial charge in [0.15, 0.2) is 0 Å². The molecule has 0 aliphatic heterocycles. The van der Waals surface area contributed by atoms with E-state index in [4.69, 9.17) is 9.84 Å². The zero-order chi connectivity index (χ0) is 15.6. The Kier molecular flexibility index (Phi) is 4.16.